The van der Waals surface area contributed by atoms with Crippen molar-refractivity contribution in [3.63, 3.8) is 0 Å². The van der Waals surface area contributed by atoms with Crippen molar-refractivity contribution in [1.29, 1.82) is 0 Å². The summed E-state index contributed by atoms with van der Waals surface area (Å²) >= 11 is 6.07. The first-order valence-electron chi connectivity index (χ1n) is 15.7. The van der Waals surface area contributed by atoms with Gasteiger partial charge in [-0.25, -0.2) is 4.39 Å². The van der Waals surface area contributed by atoms with Crippen LogP contribution in [0.4, 0.5) is 10.1 Å². The van der Waals surface area contributed by atoms with E-state index in [1.165, 1.54) is 6.07 Å². The lowest BCUT2D eigenvalue weighted by Gasteiger charge is -2.30. The van der Waals surface area contributed by atoms with Crippen LogP contribution in [0.3, 0.4) is 0 Å². The Balaban J connectivity index is 1.56. The van der Waals surface area contributed by atoms with E-state index in [2.05, 4.69) is 5.32 Å². The second-order valence-corrected chi connectivity index (χ2v) is 12.7. The van der Waals surface area contributed by atoms with Crippen molar-refractivity contribution in [3.8, 4) is 22.3 Å². The van der Waals surface area contributed by atoms with Crippen molar-refractivity contribution < 1.29 is 18.8 Å². The molecule has 3 atom stereocenters. The number of nitrogens with two attached hydrogens (primary N) is 1. The Labute approximate surface area is 274 Å². The zero-order chi connectivity index (χ0) is 33.0. The van der Waals surface area contributed by atoms with Crippen molar-refractivity contribution >= 4 is 35.0 Å². The Hall–Kier alpha value is -4.49. The topological polar surface area (TPSA) is 92.5 Å². The zero-order valence-corrected chi connectivity index (χ0v) is 27.1. The fourth-order valence-corrected chi connectivity index (χ4v) is 6.59. The van der Waals surface area contributed by atoms with Crippen molar-refractivity contribution in [2.45, 2.75) is 52.6 Å². The van der Waals surface area contributed by atoms with E-state index in [1.54, 1.807) is 17.0 Å². The maximum Gasteiger partial charge on any atom is 0.254 e. The van der Waals surface area contributed by atoms with Crippen molar-refractivity contribution in [2.24, 2.45) is 23.5 Å². The highest BCUT2D eigenvalue weighted by molar-refractivity contribution is 6.31. The molecule has 4 aromatic rings. The molecule has 1 aliphatic heterocycles. The van der Waals surface area contributed by atoms with Gasteiger partial charge in [0.25, 0.3) is 5.91 Å². The summed E-state index contributed by atoms with van der Waals surface area (Å²) in [5, 5.41) is 3.11. The maximum absolute atomic E-state index is 14.7. The third-order valence-electron chi connectivity index (χ3n) is 8.59. The summed E-state index contributed by atoms with van der Waals surface area (Å²) in [6, 6.07) is 26.5. The predicted molar refractivity (Wildman–Crippen MR) is 181 cm³/mol. The van der Waals surface area contributed by atoms with Gasteiger partial charge in [-0.1, -0.05) is 106 Å². The van der Waals surface area contributed by atoms with Crippen molar-refractivity contribution in [1.82, 2.24) is 5.32 Å². The fraction of sp³-hybridized carbons (Fsp3) is 0.289. The second kappa shape index (κ2) is 14.3. The number of benzene rings is 4. The van der Waals surface area contributed by atoms with E-state index in [4.69, 9.17) is 17.3 Å². The van der Waals surface area contributed by atoms with Crippen LogP contribution in [0.5, 0.6) is 0 Å². The summed E-state index contributed by atoms with van der Waals surface area (Å²) in [5.74, 6) is -2.83. The molecular weight excluding hydrogens is 601 g/mol. The second-order valence-electron chi connectivity index (χ2n) is 12.3. The summed E-state index contributed by atoms with van der Waals surface area (Å²) in [7, 11) is 0. The van der Waals surface area contributed by atoms with Crippen LogP contribution in [0.25, 0.3) is 22.3 Å². The summed E-state index contributed by atoms with van der Waals surface area (Å²) in [6.07, 6.45) is 1.65. The van der Waals surface area contributed by atoms with Gasteiger partial charge in [0.05, 0.1) is 17.3 Å². The van der Waals surface area contributed by atoms with Crippen LogP contribution < -0.4 is 16.0 Å². The molecule has 0 aliphatic carbocycles. The van der Waals surface area contributed by atoms with Crippen LogP contribution in [0.1, 0.15) is 57.2 Å². The first-order valence-corrected chi connectivity index (χ1v) is 16.1. The average Bonchev–Trinajstić information content (AvgIpc) is 3.13. The molecule has 0 spiro atoms. The van der Waals surface area contributed by atoms with Gasteiger partial charge >= 0.3 is 0 Å². The molecule has 1 aliphatic rings. The van der Waals surface area contributed by atoms with Gasteiger partial charge in [0.2, 0.25) is 11.8 Å². The van der Waals surface area contributed by atoms with E-state index in [-0.39, 0.29) is 29.3 Å². The van der Waals surface area contributed by atoms with Crippen LogP contribution in [-0.4, -0.2) is 17.7 Å². The number of amides is 3. The number of anilines is 1. The number of hydrogen-bond donors (Lipinski definition) is 2. The lowest BCUT2D eigenvalue weighted by molar-refractivity contribution is -0.136. The van der Waals surface area contributed by atoms with Crippen LogP contribution in [0.2, 0.25) is 5.02 Å². The number of carbonyl (C=O) groups is 3. The molecule has 238 valence electrons. The number of nitrogens with zero attached hydrogens (tertiary/aromatic N) is 1. The third kappa shape index (κ3) is 7.00. The number of halogens is 2. The van der Waals surface area contributed by atoms with Gasteiger partial charge in [0.1, 0.15) is 11.9 Å². The Morgan fingerprint density at radius 3 is 2.30 bits per heavy atom. The fourth-order valence-electron chi connectivity index (χ4n) is 6.41. The minimum absolute atomic E-state index is 0.0316. The largest absolute Gasteiger partial charge is 0.369 e. The Morgan fingerprint density at radius 1 is 0.913 bits per heavy atom. The molecule has 6 nitrogen and oxygen atoms in total. The maximum atomic E-state index is 14.7. The van der Waals surface area contributed by atoms with Gasteiger partial charge in [-0.2, -0.15) is 0 Å². The van der Waals surface area contributed by atoms with Gasteiger partial charge in [0.15, 0.2) is 0 Å². The predicted octanol–water partition coefficient (Wildman–Crippen LogP) is 8.08. The quantitative estimate of drug-likeness (QED) is 0.174. The molecule has 5 rings (SSSR count). The molecule has 4 aromatic carbocycles. The highest BCUT2D eigenvalue weighted by atomic mass is 35.5. The van der Waals surface area contributed by atoms with Gasteiger partial charge in [-0.3, -0.25) is 14.4 Å². The molecule has 0 aromatic heterocycles. The van der Waals surface area contributed by atoms with Crippen molar-refractivity contribution in [2.75, 3.05) is 4.90 Å². The zero-order valence-electron chi connectivity index (χ0n) is 26.3. The number of primary amides is 1. The number of carbonyl (C=O) groups excluding carboxylic acids is 3. The summed E-state index contributed by atoms with van der Waals surface area (Å²) < 4.78 is 13.9. The van der Waals surface area contributed by atoms with Crippen molar-refractivity contribution in [3.05, 3.63) is 113 Å². The van der Waals surface area contributed by atoms with Crippen LogP contribution in [0.15, 0.2) is 91.0 Å². The lowest BCUT2D eigenvalue weighted by atomic mass is 9.81. The molecule has 0 saturated carbocycles. The van der Waals surface area contributed by atoms with E-state index < -0.39 is 29.6 Å². The molecule has 3 amide bonds. The normalized spacial score (nSPS) is 15.5. The molecule has 1 unspecified atom stereocenters. The molecule has 0 radical (unpaired) electrons. The van der Waals surface area contributed by atoms with E-state index in [0.29, 0.717) is 30.5 Å². The smallest absolute Gasteiger partial charge is 0.254 e. The number of nitrogens with one attached hydrogen (secondary N) is 1. The third-order valence-corrected chi connectivity index (χ3v) is 8.88. The number of fused-ring (bicyclic) bond motifs is 3. The molecule has 3 N–H and O–H groups in total. The first-order chi connectivity index (χ1) is 22.1. The first kappa shape index (κ1) is 32.9. The molecule has 8 heteroatoms. The Bertz CT molecular complexity index is 1760. The molecular formula is C38H39ClFN3O3. The Morgan fingerprint density at radius 2 is 1.61 bits per heavy atom. The average molecular weight is 640 g/mol. The van der Waals surface area contributed by atoms with E-state index in [9.17, 15) is 18.8 Å². The van der Waals surface area contributed by atoms with Gasteiger partial charge in [-0.15, -0.1) is 0 Å². The van der Waals surface area contributed by atoms with E-state index >= 15 is 0 Å². The highest BCUT2D eigenvalue weighted by Crippen LogP contribution is 2.41. The number of rotatable bonds is 11. The molecule has 0 saturated heterocycles. The van der Waals surface area contributed by atoms with Crippen LogP contribution >= 0.6 is 11.6 Å². The summed E-state index contributed by atoms with van der Waals surface area (Å²) in [5.41, 5.74) is 11.3. The summed E-state index contributed by atoms with van der Waals surface area (Å²) in [6.45, 7) is 6.18. The van der Waals surface area contributed by atoms with Crippen LogP contribution in [-0.2, 0) is 20.9 Å². The number of hydrogen-bond acceptors (Lipinski definition) is 3. The Kier molecular flexibility index (Phi) is 10.2. The number of para-hydroxylation sites is 1. The van der Waals surface area contributed by atoms with Gasteiger partial charge in [0, 0.05) is 17.4 Å². The molecule has 0 bridgehead atoms. The highest BCUT2D eigenvalue weighted by Gasteiger charge is 2.39. The minimum Gasteiger partial charge on any atom is -0.369 e. The molecule has 0 fully saturated rings. The van der Waals surface area contributed by atoms with Crippen LogP contribution in [0, 0.1) is 23.6 Å². The standard InChI is InChI=1S/C38H39ClFN3O3/c1-4-10-30(36(41)44)31(19-23(2)3)37(45)42-35-29-15-6-5-13-27(29)28-14-7-8-16-34(28)43(38(35)46)22-24-11-9-12-25(20-24)26-17-18-33(40)32(39)21-26/h5-9,11-18,20-21,23,30-31,35H,4,10,19,22H2,1-3H3,(H2,41,44)(H,42,45)/t30-,31+,35?/m0/s1. The monoisotopic (exact) mass is 639 g/mol. The van der Waals surface area contributed by atoms with Gasteiger partial charge < -0.3 is 16.0 Å². The van der Waals surface area contributed by atoms with Gasteiger partial charge in [-0.05, 0) is 70.8 Å². The minimum atomic E-state index is -1.000. The molecule has 1 heterocycles. The SMILES string of the molecule is CCC[C@H](C(N)=O)[C@@H](CC(C)C)C(=O)NC1C(=O)N(Cc2cccc(-c3ccc(F)c(Cl)c3)c2)c2ccccc2-c2ccccc21. The van der Waals surface area contributed by atoms with E-state index in [0.717, 1.165) is 27.8 Å². The molecule has 46 heavy (non-hydrogen) atoms. The lowest BCUT2D eigenvalue weighted by Crippen LogP contribution is -2.47. The summed E-state index contributed by atoms with van der Waals surface area (Å²) in [4.78, 5) is 43.0. The van der Waals surface area contributed by atoms with E-state index in [1.807, 2.05) is 93.6 Å².